The number of rotatable bonds is 8. The van der Waals surface area contributed by atoms with Crippen molar-refractivity contribution >= 4 is 23.7 Å². The number of esters is 2. The predicted octanol–water partition coefficient (Wildman–Crippen LogP) is 3.26. The van der Waals surface area contributed by atoms with Gasteiger partial charge in [0.25, 0.3) is 0 Å². The zero-order valence-electron chi connectivity index (χ0n) is 17.4. The van der Waals surface area contributed by atoms with Gasteiger partial charge in [-0.2, -0.15) is 0 Å². The van der Waals surface area contributed by atoms with Crippen molar-refractivity contribution in [2.24, 2.45) is 5.92 Å². The minimum Gasteiger partial charge on any atom is -0.496 e. The van der Waals surface area contributed by atoms with E-state index in [0.717, 1.165) is 5.56 Å². The molecule has 0 aromatic heterocycles. The van der Waals surface area contributed by atoms with Crippen molar-refractivity contribution < 1.29 is 33.3 Å². The van der Waals surface area contributed by atoms with Crippen LogP contribution in [-0.2, 0) is 36.8 Å². The molecule has 0 spiro atoms. The molecule has 0 saturated carbocycles. The summed E-state index contributed by atoms with van der Waals surface area (Å²) in [6, 6.07) is 12.4. The van der Waals surface area contributed by atoms with Gasteiger partial charge in [0.05, 0.1) is 21.3 Å². The summed E-state index contributed by atoms with van der Waals surface area (Å²) in [5.74, 6) is -1.96. The third kappa shape index (κ3) is 6.23. The molecule has 0 bridgehead atoms. The highest BCUT2D eigenvalue weighted by molar-refractivity contribution is 5.95. The van der Waals surface area contributed by atoms with E-state index < -0.39 is 23.9 Å². The van der Waals surface area contributed by atoms with E-state index in [0.29, 0.717) is 22.6 Å². The first kappa shape index (κ1) is 22.7. The molecule has 2 aromatic carbocycles. The third-order valence-electron chi connectivity index (χ3n) is 4.41. The topological polar surface area (TPSA) is 100 Å². The number of hydrogen-bond donors (Lipinski definition) is 1. The summed E-state index contributed by atoms with van der Waals surface area (Å²) in [6.07, 6.45) is -0.542. The second kappa shape index (κ2) is 10.8. The number of hydrogen-bond acceptors (Lipinski definition) is 7. The third-order valence-corrected chi connectivity index (χ3v) is 4.41. The lowest BCUT2D eigenvalue weighted by atomic mass is 9.97. The quantitative estimate of drug-likeness (QED) is 0.401. The van der Waals surface area contributed by atoms with Crippen molar-refractivity contribution in [2.45, 2.75) is 20.0 Å². The Labute approximate surface area is 175 Å². The molecule has 0 heterocycles. The molecule has 2 aromatic rings. The number of amides is 1. The summed E-state index contributed by atoms with van der Waals surface area (Å²) in [6.45, 7) is 1.89. The van der Waals surface area contributed by atoms with Crippen LogP contribution in [0.1, 0.15) is 16.7 Å². The summed E-state index contributed by atoms with van der Waals surface area (Å²) >= 11 is 0. The number of anilines is 1. The van der Waals surface area contributed by atoms with Crippen LogP contribution in [0, 0.1) is 12.8 Å². The molecule has 0 radical (unpaired) electrons. The van der Waals surface area contributed by atoms with Crippen LogP contribution in [0.5, 0.6) is 5.75 Å². The van der Waals surface area contributed by atoms with Gasteiger partial charge in [0, 0.05) is 11.3 Å². The van der Waals surface area contributed by atoms with Crippen LogP contribution in [-0.4, -0.2) is 39.4 Å². The molecule has 160 valence electrons. The zero-order valence-corrected chi connectivity index (χ0v) is 17.4. The smallest absolute Gasteiger partial charge is 0.411 e. The maximum atomic E-state index is 12.1. The number of aryl methyl sites for hydroxylation is 1. The first-order chi connectivity index (χ1) is 14.4. The lowest BCUT2D eigenvalue weighted by Crippen LogP contribution is -2.28. The number of nitrogens with one attached hydrogen (secondary N) is 1. The normalized spacial score (nSPS) is 10.3. The van der Waals surface area contributed by atoms with Gasteiger partial charge < -0.3 is 18.9 Å². The molecule has 1 N–H and O–H groups in total. The van der Waals surface area contributed by atoms with Gasteiger partial charge in [-0.05, 0) is 43.2 Å². The molecule has 0 fully saturated rings. The van der Waals surface area contributed by atoms with Crippen LogP contribution in [0.4, 0.5) is 10.5 Å². The Morgan fingerprint density at radius 1 is 0.933 bits per heavy atom. The fourth-order valence-electron chi connectivity index (χ4n) is 2.79. The second-order valence-electron chi connectivity index (χ2n) is 6.52. The Bertz CT molecular complexity index is 877. The fourth-order valence-corrected chi connectivity index (χ4v) is 2.79. The first-order valence-electron chi connectivity index (χ1n) is 9.19. The van der Waals surface area contributed by atoms with Crippen LogP contribution in [0.2, 0.25) is 0 Å². The average Bonchev–Trinajstić information content (AvgIpc) is 2.76. The summed E-state index contributed by atoms with van der Waals surface area (Å²) in [5, 5.41) is 2.64. The van der Waals surface area contributed by atoms with E-state index in [1.165, 1.54) is 21.3 Å². The number of methoxy groups -OCH3 is 3. The van der Waals surface area contributed by atoms with Gasteiger partial charge in [0.1, 0.15) is 12.4 Å². The van der Waals surface area contributed by atoms with Gasteiger partial charge in [0.15, 0.2) is 5.92 Å². The van der Waals surface area contributed by atoms with Crippen molar-refractivity contribution in [1.82, 2.24) is 0 Å². The maximum absolute atomic E-state index is 12.1. The number of carbonyl (C=O) groups excluding carboxylic acids is 3. The van der Waals surface area contributed by atoms with Gasteiger partial charge in [-0.1, -0.05) is 23.8 Å². The van der Waals surface area contributed by atoms with Crippen molar-refractivity contribution in [3.8, 4) is 5.75 Å². The van der Waals surface area contributed by atoms with Crippen LogP contribution >= 0.6 is 0 Å². The van der Waals surface area contributed by atoms with Gasteiger partial charge in [0.2, 0.25) is 0 Å². The lowest BCUT2D eigenvalue weighted by Gasteiger charge is -2.15. The summed E-state index contributed by atoms with van der Waals surface area (Å²) in [7, 11) is 3.91. The number of ether oxygens (including phenoxy) is 4. The Kier molecular flexibility index (Phi) is 8.22. The average molecular weight is 415 g/mol. The van der Waals surface area contributed by atoms with Crippen LogP contribution in [0.15, 0.2) is 42.5 Å². The van der Waals surface area contributed by atoms with Gasteiger partial charge >= 0.3 is 18.0 Å². The van der Waals surface area contributed by atoms with Crippen LogP contribution in [0.25, 0.3) is 0 Å². The Morgan fingerprint density at radius 2 is 1.57 bits per heavy atom. The molecule has 8 heteroatoms. The van der Waals surface area contributed by atoms with Crippen molar-refractivity contribution in [3.05, 3.63) is 59.2 Å². The largest absolute Gasteiger partial charge is 0.496 e. The van der Waals surface area contributed by atoms with Crippen molar-refractivity contribution in [1.29, 1.82) is 0 Å². The highest BCUT2D eigenvalue weighted by Gasteiger charge is 2.29. The van der Waals surface area contributed by atoms with Crippen molar-refractivity contribution in [2.75, 3.05) is 26.6 Å². The van der Waals surface area contributed by atoms with E-state index in [4.69, 9.17) is 9.47 Å². The van der Waals surface area contributed by atoms with E-state index in [-0.39, 0.29) is 13.0 Å². The minimum absolute atomic E-state index is 0.0597. The van der Waals surface area contributed by atoms with Crippen LogP contribution < -0.4 is 10.1 Å². The highest BCUT2D eigenvalue weighted by Crippen LogP contribution is 2.23. The molecular formula is C22H25NO7. The summed E-state index contributed by atoms with van der Waals surface area (Å²) < 4.78 is 20.0. The minimum atomic E-state index is -1.09. The summed E-state index contributed by atoms with van der Waals surface area (Å²) in [4.78, 5) is 35.9. The molecule has 0 aliphatic carbocycles. The van der Waals surface area contributed by atoms with E-state index in [1.54, 1.807) is 30.3 Å². The fraction of sp³-hybridized carbons (Fsp3) is 0.318. The molecule has 0 unspecified atom stereocenters. The number of benzene rings is 2. The van der Waals surface area contributed by atoms with Crippen molar-refractivity contribution in [3.63, 3.8) is 0 Å². The Balaban J connectivity index is 2.09. The molecule has 8 nitrogen and oxygen atoms in total. The lowest BCUT2D eigenvalue weighted by molar-refractivity contribution is -0.158. The molecule has 0 aliphatic heterocycles. The SMILES string of the molecule is COC(=O)C(Cc1ccc(OC)c(COC(=O)Nc2ccc(C)cc2)c1)C(=O)OC. The first-order valence-corrected chi connectivity index (χ1v) is 9.19. The molecule has 0 aliphatic rings. The predicted molar refractivity (Wildman–Crippen MR) is 109 cm³/mol. The van der Waals surface area contributed by atoms with E-state index >= 15 is 0 Å². The second-order valence-corrected chi connectivity index (χ2v) is 6.52. The van der Waals surface area contributed by atoms with E-state index in [2.05, 4.69) is 14.8 Å². The van der Waals surface area contributed by atoms with Gasteiger partial charge in [-0.25, -0.2) is 4.79 Å². The summed E-state index contributed by atoms with van der Waals surface area (Å²) in [5.41, 5.74) is 2.94. The zero-order chi connectivity index (χ0) is 22.1. The molecule has 0 atom stereocenters. The molecular weight excluding hydrogens is 390 g/mol. The molecule has 30 heavy (non-hydrogen) atoms. The standard InChI is InChI=1S/C22H25NO7/c1-14-5-8-17(9-6-14)23-22(26)30-13-16-11-15(7-10-19(16)27-2)12-18(20(24)28-3)21(25)29-4/h5-11,18H,12-13H2,1-4H3,(H,23,26). The number of carbonyl (C=O) groups is 3. The molecule has 1 amide bonds. The van der Waals surface area contributed by atoms with Crippen LogP contribution in [0.3, 0.4) is 0 Å². The van der Waals surface area contributed by atoms with Gasteiger partial charge in [-0.15, -0.1) is 0 Å². The van der Waals surface area contributed by atoms with E-state index in [1.807, 2.05) is 19.1 Å². The monoisotopic (exact) mass is 415 g/mol. The molecule has 0 saturated heterocycles. The maximum Gasteiger partial charge on any atom is 0.411 e. The van der Waals surface area contributed by atoms with Gasteiger partial charge in [-0.3, -0.25) is 14.9 Å². The van der Waals surface area contributed by atoms with E-state index in [9.17, 15) is 14.4 Å². The highest BCUT2D eigenvalue weighted by atomic mass is 16.6. The Hall–Kier alpha value is -3.55. The Morgan fingerprint density at radius 3 is 2.13 bits per heavy atom. The molecule has 2 rings (SSSR count).